The first-order chi connectivity index (χ1) is 10.00. The first kappa shape index (κ1) is 14.0. The van der Waals surface area contributed by atoms with Gasteiger partial charge in [0.1, 0.15) is 11.4 Å². The molecule has 2 aromatic rings. The van der Waals surface area contributed by atoms with Crippen LogP contribution in [0.2, 0.25) is 0 Å². The fourth-order valence-corrected chi connectivity index (χ4v) is 2.59. The summed E-state index contributed by atoms with van der Waals surface area (Å²) in [6.07, 6.45) is 1.50. The van der Waals surface area contributed by atoms with Crippen LogP contribution < -0.4 is 4.74 Å². The van der Waals surface area contributed by atoms with Crippen molar-refractivity contribution in [2.75, 3.05) is 0 Å². The highest BCUT2D eigenvalue weighted by Gasteiger charge is 2.48. The number of nitro groups is 1. The van der Waals surface area contributed by atoms with E-state index in [1.165, 1.54) is 18.2 Å². The van der Waals surface area contributed by atoms with Crippen molar-refractivity contribution in [2.24, 2.45) is 0 Å². The van der Waals surface area contributed by atoms with E-state index >= 15 is 0 Å². The van der Waals surface area contributed by atoms with Crippen LogP contribution in [0.3, 0.4) is 0 Å². The first-order valence-corrected chi connectivity index (χ1v) is 7.18. The van der Waals surface area contributed by atoms with Crippen LogP contribution >= 0.6 is 15.9 Å². The minimum absolute atomic E-state index is 0.0772. The van der Waals surface area contributed by atoms with Crippen molar-refractivity contribution in [3.05, 3.63) is 68.4 Å². The van der Waals surface area contributed by atoms with E-state index in [4.69, 9.17) is 4.74 Å². The molecule has 1 saturated carbocycles. The summed E-state index contributed by atoms with van der Waals surface area (Å²) in [5.41, 5.74) is 0.170. The average molecular weight is 352 g/mol. The molecule has 108 valence electrons. The lowest BCUT2D eigenvalue weighted by Crippen LogP contribution is -2.16. The van der Waals surface area contributed by atoms with Crippen molar-refractivity contribution in [2.45, 2.75) is 18.4 Å². The van der Waals surface area contributed by atoms with Crippen LogP contribution in [-0.2, 0) is 5.60 Å². The van der Waals surface area contributed by atoms with E-state index in [0.29, 0.717) is 4.47 Å². The fourth-order valence-electron chi connectivity index (χ4n) is 2.25. The fraction of sp³-hybridized carbons (Fsp3) is 0.200. The average Bonchev–Trinajstić information content (AvgIpc) is 3.20. The van der Waals surface area contributed by atoms with Gasteiger partial charge in [-0.05, 0) is 36.6 Å². The molecule has 0 aromatic heterocycles. The number of hydrogen-bond acceptors (Lipinski definition) is 3. The van der Waals surface area contributed by atoms with E-state index in [2.05, 4.69) is 15.9 Å². The Bertz CT molecular complexity index is 699. The van der Waals surface area contributed by atoms with Gasteiger partial charge in [0, 0.05) is 16.6 Å². The van der Waals surface area contributed by atoms with Crippen molar-refractivity contribution in [3.63, 3.8) is 0 Å². The van der Waals surface area contributed by atoms with Gasteiger partial charge in [0.15, 0.2) is 5.75 Å². The van der Waals surface area contributed by atoms with Crippen LogP contribution in [0.25, 0.3) is 0 Å². The molecule has 0 atom stereocenters. The highest BCUT2D eigenvalue weighted by atomic mass is 79.9. The summed E-state index contributed by atoms with van der Waals surface area (Å²) in [6, 6.07) is 10.6. The monoisotopic (exact) mass is 351 g/mol. The Morgan fingerprint density at radius 1 is 1.19 bits per heavy atom. The largest absolute Gasteiger partial charge is 0.475 e. The van der Waals surface area contributed by atoms with E-state index in [-0.39, 0.29) is 17.3 Å². The van der Waals surface area contributed by atoms with E-state index in [1.54, 1.807) is 24.3 Å². The molecule has 0 bridgehead atoms. The van der Waals surface area contributed by atoms with E-state index < -0.39 is 10.5 Å². The first-order valence-electron chi connectivity index (χ1n) is 6.39. The van der Waals surface area contributed by atoms with Crippen molar-refractivity contribution in [1.82, 2.24) is 0 Å². The van der Waals surface area contributed by atoms with E-state index in [0.717, 1.165) is 18.4 Å². The summed E-state index contributed by atoms with van der Waals surface area (Å²) in [6.45, 7) is 0. The molecule has 0 heterocycles. The molecule has 6 heteroatoms. The summed E-state index contributed by atoms with van der Waals surface area (Å²) in [5.74, 6) is -0.0980. The van der Waals surface area contributed by atoms with Crippen LogP contribution in [0.15, 0.2) is 46.9 Å². The van der Waals surface area contributed by atoms with Crippen LogP contribution in [-0.4, -0.2) is 4.92 Å². The number of benzene rings is 2. The molecule has 1 fully saturated rings. The maximum atomic E-state index is 13.0. The molecule has 0 unspecified atom stereocenters. The number of rotatable bonds is 4. The lowest BCUT2D eigenvalue weighted by atomic mass is 10.1. The van der Waals surface area contributed by atoms with Gasteiger partial charge in [0.05, 0.1) is 4.92 Å². The van der Waals surface area contributed by atoms with Crippen molar-refractivity contribution >= 4 is 21.6 Å². The van der Waals surface area contributed by atoms with Gasteiger partial charge < -0.3 is 4.74 Å². The van der Waals surface area contributed by atoms with Gasteiger partial charge in [-0.25, -0.2) is 4.39 Å². The molecule has 0 aliphatic heterocycles. The molecule has 0 amide bonds. The Hall–Kier alpha value is -1.95. The summed E-state index contributed by atoms with van der Waals surface area (Å²) in [4.78, 5) is 10.6. The molecule has 2 aromatic carbocycles. The van der Waals surface area contributed by atoms with Gasteiger partial charge in [-0.2, -0.15) is 0 Å². The molecule has 0 saturated heterocycles. The molecule has 21 heavy (non-hydrogen) atoms. The zero-order chi connectivity index (χ0) is 15.0. The summed E-state index contributed by atoms with van der Waals surface area (Å²) in [7, 11) is 0. The van der Waals surface area contributed by atoms with Crippen LogP contribution in [0.5, 0.6) is 5.75 Å². The zero-order valence-corrected chi connectivity index (χ0v) is 12.5. The Morgan fingerprint density at radius 3 is 2.43 bits per heavy atom. The Balaban J connectivity index is 1.95. The van der Waals surface area contributed by atoms with Crippen molar-refractivity contribution < 1.29 is 14.1 Å². The highest BCUT2D eigenvalue weighted by Crippen LogP contribution is 2.51. The van der Waals surface area contributed by atoms with Gasteiger partial charge in [-0.3, -0.25) is 10.1 Å². The third-order valence-corrected chi connectivity index (χ3v) is 3.99. The third kappa shape index (κ3) is 2.76. The SMILES string of the molecule is O=[N+]([O-])c1ccc(Br)cc1OC1(c2ccc(F)cc2)CC1. The standard InChI is InChI=1S/C15H11BrFNO3/c16-11-3-6-13(18(19)20)14(9-11)21-15(7-8-15)10-1-4-12(17)5-2-10/h1-6,9H,7-8H2. The number of hydrogen-bond donors (Lipinski definition) is 0. The summed E-state index contributed by atoms with van der Waals surface area (Å²) >= 11 is 3.29. The maximum Gasteiger partial charge on any atom is 0.311 e. The minimum Gasteiger partial charge on any atom is -0.475 e. The molecule has 0 N–H and O–H groups in total. The van der Waals surface area contributed by atoms with Crippen molar-refractivity contribution in [1.29, 1.82) is 0 Å². The van der Waals surface area contributed by atoms with Gasteiger partial charge >= 0.3 is 5.69 Å². The maximum absolute atomic E-state index is 13.0. The predicted octanol–water partition coefficient (Wildman–Crippen LogP) is 4.56. The molecule has 0 spiro atoms. The zero-order valence-electron chi connectivity index (χ0n) is 10.9. The number of nitro benzene ring substituents is 1. The quantitative estimate of drug-likeness (QED) is 0.599. The van der Waals surface area contributed by atoms with Gasteiger partial charge in [-0.1, -0.05) is 28.1 Å². The molecular weight excluding hydrogens is 341 g/mol. The van der Waals surface area contributed by atoms with Crippen molar-refractivity contribution in [3.8, 4) is 5.75 Å². The normalized spacial score (nSPS) is 15.5. The topological polar surface area (TPSA) is 52.4 Å². The molecule has 3 rings (SSSR count). The Morgan fingerprint density at radius 2 is 1.86 bits per heavy atom. The highest BCUT2D eigenvalue weighted by molar-refractivity contribution is 9.10. The minimum atomic E-state index is -0.584. The third-order valence-electron chi connectivity index (χ3n) is 3.50. The van der Waals surface area contributed by atoms with Gasteiger partial charge in [-0.15, -0.1) is 0 Å². The predicted molar refractivity (Wildman–Crippen MR) is 78.7 cm³/mol. The summed E-state index contributed by atoms with van der Waals surface area (Å²) in [5, 5.41) is 11.1. The molecule has 1 aliphatic rings. The molecule has 1 aliphatic carbocycles. The molecule has 4 nitrogen and oxygen atoms in total. The smallest absolute Gasteiger partial charge is 0.311 e. The Kier molecular flexibility index (Phi) is 3.41. The second-order valence-electron chi connectivity index (χ2n) is 4.97. The number of halogens is 2. The lowest BCUT2D eigenvalue weighted by molar-refractivity contribution is -0.386. The Labute approximate surface area is 128 Å². The number of nitrogens with zero attached hydrogens (tertiary/aromatic N) is 1. The van der Waals surface area contributed by atoms with Crippen LogP contribution in [0, 0.1) is 15.9 Å². The second-order valence-corrected chi connectivity index (χ2v) is 5.89. The number of ether oxygens (including phenoxy) is 1. The van der Waals surface area contributed by atoms with E-state index in [1.807, 2.05) is 0 Å². The lowest BCUT2D eigenvalue weighted by Gasteiger charge is -2.18. The van der Waals surface area contributed by atoms with Crippen LogP contribution in [0.4, 0.5) is 10.1 Å². The summed E-state index contributed by atoms with van der Waals surface area (Å²) < 4.78 is 19.6. The molecular formula is C15H11BrFNO3. The van der Waals surface area contributed by atoms with Crippen LogP contribution in [0.1, 0.15) is 18.4 Å². The van der Waals surface area contributed by atoms with Gasteiger partial charge in [0.25, 0.3) is 0 Å². The van der Waals surface area contributed by atoms with E-state index in [9.17, 15) is 14.5 Å². The second kappa shape index (κ2) is 5.11. The molecule has 0 radical (unpaired) electrons. The van der Waals surface area contributed by atoms with Gasteiger partial charge in [0.2, 0.25) is 0 Å².